The largest absolute Gasteiger partial charge is 0.497 e. The summed E-state index contributed by atoms with van der Waals surface area (Å²) >= 11 is 0. The van der Waals surface area contributed by atoms with Crippen molar-refractivity contribution in [1.82, 2.24) is 4.90 Å². The monoisotopic (exact) mass is 403 g/mol. The van der Waals surface area contributed by atoms with Crippen LogP contribution in [0.1, 0.15) is 18.4 Å². The van der Waals surface area contributed by atoms with Gasteiger partial charge in [-0.15, -0.1) is 0 Å². The summed E-state index contributed by atoms with van der Waals surface area (Å²) in [5, 5.41) is 2.98. The topological polar surface area (TPSA) is 79.0 Å². The minimum Gasteiger partial charge on any atom is -0.497 e. The van der Waals surface area contributed by atoms with Gasteiger partial charge >= 0.3 is 0 Å². The molecule has 3 amide bonds. The molecule has 2 aromatic rings. The van der Waals surface area contributed by atoms with Gasteiger partial charge in [0.2, 0.25) is 17.7 Å². The highest BCUT2D eigenvalue weighted by Crippen LogP contribution is 2.60. The van der Waals surface area contributed by atoms with Crippen LogP contribution in [0.2, 0.25) is 0 Å². The predicted molar refractivity (Wildman–Crippen MR) is 109 cm³/mol. The summed E-state index contributed by atoms with van der Waals surface area (Å²) in [5.74, 6) is -1.40. The molecule has 0 saturated carbocycles. The molecule has 1 spiro atoms. The maximum atomic E-state index is 13.8. The number of benzene rings is 2. The SMILES string of the molecule is COc1cccc(N2C(=O)[C@H]3[C@H]4CCCN4[C@@]4(C(=O)Nc5ccccc54)[C@@H]3C2=O)c1. The second-order valence-electron chi connectivity index (χ2n) is 8.39. The van der Waals surface area contributed by atoms with Crippen molar-refractivity contribution in [3.8, 4) is 5.75 Å². The first-order chi connectivity index (χ1) is 14.6. The van der Waals surface area contributed by atoms with Crippen molar-refractivity contribution in [2.45, 2.75) is 24.4 Å². The van der Waals surface area contributed by atoms with Crippen LogP contribution < -0.4 is 15.0 Å². The Hall–Kier alpha value is -3.19. The van der Waals surface area contributed by atoms with E-state index in [-0.39, 0.29) is 23.8 Å². The molecule has 6 rings (SSSR count). The van der Waals surface area contributed by atoms with Crippen molar-refractivity contribution in [2.24, 2.45) is 11.8 Å². The van der Waals surface area contributed by atoms with Crippen LogP contribution in [0.3, 0.4) is 0 Å². The molecule has 7 heteroatoms. The second kappa shape index (κ2) is 5.92. The van der Waals surface area contributed by atoms with Gasteiger partial charge < -0.3 is 10.1 Å². The van der Waals surface area contributed by atoms with Crippen LogP contribution >= 0.6 is 0 Å². The fraction of sp³-hybridized carbons (Fsp3) is 0.348. The summed E-state index contributed by atoms with van der Waals surface area (Å²) in [4.78, 5) is 44.3. The Morgan fingerprint density at radius 1 is 1.07 bits per heavy atom. The second-order valence-corrected chi connectivity index (χ2v) is 8.39. The van der Waals surface area contributed by atoms with Gasteiger partial charge in [-0.25, -0.2) is 4.90 Å². The maximum Gasteiger partial charge on any atom is 0.250 e. The number of methoxy groups -OCH3 is 1. The lowest BCUT2D eigenvalue weighted by Gasteiger charge is -2.36. The number of nitrogens with zero attached hydrogens (tertiary/aromatic N) is 2. The third-order valence-electron chi connectivity index (χ3n) is 7.21. The summed E-state index contributed by atoms with van der Waals surface area (Å²) in [6.07, 6.45) is 1.72. The Morgan fingerprint density at radius 3 is 2.73 bits per heavy atom. The van der Waals surface area contributed by atoms with Crippen LogP contribution in [0.5, 0.6) is 5.75 Å². The third kappa shape index (κ3) is 1.91. The van der Waals surface area contributed by atoms with E-state index in [0.717, 1.165) is 24.1 Å². The number of ether oxygens (including phenoxy) is 1. The van der Waals surface area contributed by atoms with Crippen LogP contribution in [0.25, 0.3) is 0 Å². The van der Waals surface area contributed by atoms with E-state index >= 15 is 0 Å². The maximum absolute atomic E-state index is 13.8. The molecule has 1 N–H and O–H groups in total. The Morgan fingerprint density at radius 2 is 1.90 bits per heavy atom. The van der Waals surface area contributed by atoms with Crippen LogP contribution in [0.15, 0.2) is 48.5 Å². The lowest BCUT2D eigenvalue weighted by Crippen LogP contribution is -2.54. The molecule has 152 valence electrons. The number of hydrogen-bond donors (Lipinski definition) is 1. The number of anilines is 2. The van der Waals surface area contributed by atoms with Crippen molar-refractivity contribution in [2.75, 3.05) is 23.9 Å². The normalized spacial score (nSPS) is 31.8. The minimum atomic E-state index is -1.12. The summed E-state index contributed by atoms with van der Waals surface area (Å²) in [7, 11) is 1.55. The van der Waals surface area contributed by atoms with Gasteiger partial charge in [-0.05, 0) is 37.6 Å². The molecule has 4 aliphatic heterocycles. The zero-order valence-electron chi connectivity index (χ0n) is 16.5. The van der Waals surface area contributed by atoms with Crippen molar-refractivity contribution < 1.29 is 19.1 Å². The molecule has 3 fully saturated rings. The first-order valence-electron chi connectivity index (χ1n) is 10.3. The van der Waals surface area contributed by atoms with Crippen LogP contribution in [-0.2, 0) is 19.9 Å². The Labute approximate surface area is 173 Å². The predicted octanol–water partition coefficient (Wildman–Crippen LogP) is 2.13. The lowest BCUT2D eigenvalue weighted by molar-refractivity contribution is -0.135. The van der Waals surface area contributed by atoms with Gasteiger partial charge in [0.1, 0.15) is 11.3 Å². The van der Waals surface area contributed by atoms with Gasteiger partial charge in [0.15, 0.2) is 0 Å². The van der Waals surface area contributed by atoms with E-state index in [9.17, 15) is 14.4 Å². The van der Waals surface area contributed by atoms with Crippen molar-refractivity contribution in [1.29, 1.82) is 0 Å². The standard InChI is InChI=1S/C23H21N3O4/c1-30-14-7-4-6-13(12-14)26-20(27)18-17-10-5-11-25(17)23(19(18)21(26)28)15-8-2-3-9-16(15)24-22(23)29/h2-4,6-9,12,17-19H,5,10-11H2,1H3,(H,24,29)/t17-,18+,19+,23-/m1/s1. The number of fused-ring (bicyclic) bond motifs is 7. The van der Waals surface area contributed by atoms with E-state index in [1.165, 1.54) is 4.90 Å². The van der Waals surface area contributed by atoms with Crippen LogP contribution in [-0.4, -0.2) is 42.3 Å². The molecule has 0 aliphatic carbocycles. The highest BCUT2D eigenvalue weighted by atomic mass is 16.5. The van der Waals surface area contributed by atoms with Gasteiger partial charge in [0.25, 0.3) is 0 Å². The average molecular weight is 403 g/mol. The van der Waals surface area contributed by atoms with Gasteiger partial charge in [-0.1, -0.05) is 24.3 Å². The van der Waals surface area contributed by atoms with E-state index < -0.39 is 17.4 Å². The molecule has 7 nitrogen and oxygen atoms in total. The summed E-state index contributed by atoms with van der Waals surface area (Å²) in [5.41, 5.74) is 0.907. The van der Waals surface area contributed by atoms with Gasteiger partial charge in [-0.2, -0.15) is 0 Å². The molecule has 0 bridgehead atoms. The number of carbonyl (C=O) groups excluding carboxylic acids is 3. The molecule has 30 heavy (non-hydrogen) atoms. The van der Waals surface area contributed by atoms with E-state index in [1.807, 2.05) is 24.3 Å². The Balaban J connectivity index is 1.54. The van der Waals surface area contributed by atoms with Crippen molar-refractivity contribution in [3.05, 3.63) is 54.1 Å². The van der Waals surface area contributed by atoms with Gasteiger partial charge in [0.05, 0.1) is 24.6 Å². The van der Waals surface area contributed by atoms with Crippen LogP contribution in [0, 0.1) is 11.8 Å². The number of para-hydroxylation sites is 1. The number of hydrogen-bond acceptors (Lipinski definition) is 5. The highest BCUT2D eigenvalue weighted by Gasteiger charge is 2.74. The van der Waals surface area contributed by atoms with E-state index in [2.05, 4.69) is 10.2 Å². The Kier molecular flexibility index (Phi) is 3.48. The van der Waals surface area contributed by atoms with Crippen LogP contribution in [0.4, 0.5) is 11.4 Å². The highest BCUT2D eigenvalue weighted by molar-refractivity contribution is 6.25. The number of imide groups is 1. The van der Waals surface area contributed by atoms with Crippen molar-refractivity contribution in [3.63, 3.8) is 0 Å². The smallest absolute Gasteiger partial charge is 0.250 e. The quantitative estimate of drug-likeness (QED) is 0.778. The van der Waals surface area contributed by atoms with Gasteiger partial charge in [0, 0.05) is 23.4 Å². The fourth-order valence-corrected chi connectivity index (χ4v) is 6.16. The number of carbonyl (C=O) groups is 3. The summed E-state index contributed by atoms with van der Waals surface area (Å²) < 4.78 is 5.28. The fourth-order valence-electron chi connectivity index (χ4n) is 6.16. The number of nitrogens with one attached hydrogen (secondary N) is 1. The molecule has 2 aromatic carbocycles. The Bertz CT molecular complexity index is 1120. The zero-order chi connectivity index (χ0) is 20.6. The molecular formula is C23H21N3O4. The molecule has 4 heterocycles. The number of amides is 3. The van der Waals surface area contributed by atoms with E-state index in [1.54, 1.807) is 31.4 Å². The van der Waals surface area contributed by atoms with E-state index in [0.29, 0.717) is 18.0 Å². The zero-order valence-corrected chi connectivity index (χ0v) is 16.5. The molecule has 0 unspecified atom stereocenters. The first-order valence-corrected chi connectivity index (χ1v) is 10.3. The molecular weight excluding hydrogens is 382 g/mol. The van der Waals surface area contributed by atoms with Crippen molar-refractivity contribution >= 4 is 29.1 Å². The molecule has 4 aliphatic rings. The third-order valence-corrected chi connectivity index (χ3v) is 7.21. The lowest BCUT2D eigenvalue weighted by atomic mass is 9.75. The number of rotatable bonds is 2. The molecule has 3 saturated heterocycles. The molecule has 4 atom stereocenters. The summed E-state index contributed by atoms with van der Waals surface area (Å²) in [6, 6.07) is 14.4. The minimum absolute atomic E-state index is 0.112. The molecule has 0 radical (unpaired) electrons. The molecule has 0 aromatic heterocycles. The first kappa shape index (κ1) is 17.7. The summed E-state index contributed by atoms with van der Waals surface area (Å²) in [6.45, 7) is 0.707. The van der Waals surface area contributed by atoms with Gasteiger partial charge in [-0.3, -0.25) is 19.3 Å². The van der Waals surface area contributed by atoms with E-state index in [4.69, 9.17) is 4.74 Å². The average Bonchev–Trinajstić information content (AvgIpc) is 3.46.